The van der Waals surface area contributed by atoms with E-state index in [0.29, 0.717) is 6.42 Å². The van der Waals surface area contributed by atoms with Crippen LogP contribution >= 0.6 is 0 Å². The molecule has 0 spiro atoms. The van der Waals surface area contributed by atoms with E-state index in [-0.39, 0.29) is 12.7 Å². The standard InChI is InChI=1S/C20H22O2/c21-15-14-19(17-9-4-1-5-10-17)22-20-13-7-11-16-8-3-2-6-12-18(16)20/h1,3-5,7-11,13,19,21H,2,6,12,14-15H2. The fraction of sp³-hybridized carbons (Fsp3) is 0.300. The first-order valence-corrected chi connectivity index (χ1v) is 7.99. The molecule has 0 bridgehead atoms. The molecule has 0 heterocycles. The molecule has 2 nitrogen and oxygen atoms in total. The van der Waals surface area contributed by atoms with Crippen molar-refractivity contribution in [3.8, 4) is 5.75 Å². The normalized spacial score (nSPS) is 15.0. The van der Waals surface area contributed by atoms with Gasteiger partial charge in [0, 0.05) is 18.6 Å². The Morgan fingerprint density at radius 2 is 1.91 bits per heavy atom. The molecule has 2 heteroatoms. The van der Waals surface area contributed by atoms with Gasteiger partial charge in [0.15, 0.2) is 0 Å². The fourth-order valence-electron chi connectivity index (χ4n) is 2.96. The zero-order chi connectivity index (χ0) is 15.2. The number of benzene rings is 2. The number of hydrogen-bond acceptors (Lipinski definition) is 2. The van der Waals surface area contributed by atoms with E-state index in [4.69, 9.17) is 4.74 Å². The minimum absolute atomic E-state index is 0.107. The molecule has 0 aliphatic heterocycles. The SMILES string of the molecule is OCCC(Oc1cccc2c1CCCC=C2)c1ccccc1. The van der Waals surface area contributed by atoms with Gasteiger partial charge in [0.2, 0.25) is 0 Å². The van der Waals surface area contributed by atoms with Crippen LogP contribution in [-0.2, 0) is 6.42 Å². The lowest BCUT2D eigenvalue weighted by Gasteiger charge is -2.21. The third-order valence-corrected chi connectivity index (χ3v) is 4.10. The van der Waals surface area contributed by atoms with Gasteiger partial charge in [-0.25, -0.2) is 0 Å². The van der Waals surface area contributed by atoms with Gasteiger partial charge in [0.25, 0.3) is 0 Å². The summed E-state index contributed by atoms with van der Waals surface area (Å²) < 4.78 is 6.30. The lowest BCUT2D eigenvalue weighted by atomic mass is 10.0. The molecule has 1 aliphatic carbocycles. The summed E-state index contributed by atoms with van der Waals surface area (Å²) >= 11 is 0. The van der Waals surface area contributed by atoms with Crippen molar-refractivity contribution < 1.29 is 9.84 Å². The molecule has 2 aromatic rings. The molecule has 0 fully saturated rings. The van der Waals surface area contributed by atoms with E-state index in [2.05, 4.69) is 30.4 Å². The van der Waals surface area contributed by atoms with Crippen molar-refractivity contribution in [3.63, 3.8) is 0 Å². The minimum Gasteiger partial charge on any atom is -0.485 e. The second-order valence-electron chi connectivity index (χ2n) is 5.65. The van der Waals surface area contributed by atoms with Crippen LogP contribution in [0.25, 0.3) is 6.08 Å². The Bertz CT molecular complexity index is 631. The molecule has 2 aromatic carbocycles. The van der Waals surface area contributed by atoms with E-state index in [1.54, 1.807) is 0 Å². The number of rotatable bonds is 5. The first-order chi connectivity index (χ1) is 10.9. The Kier molecular flexibility index (Phi) is 4.92. The van der Waals surface area contributed by atoms with Crippen LogP contribution in [0.2, 0.25) is 0 Å². The highest BCUT2D eigenvalue weighted by molar-refractivity contribution is 5.59. The van der Waals surface area contributed by atoms with Gasteiger partial charge >= 0.3 is 0 Å². The lowest BCUT2D eigenvalue weighted by Crippen LogP contribution is -2.11. The summed E-state index contributed by atoms with van der Waals surface area (Å²) in [4.78, 5) is 0. The van der Waals surface area contributed by atoms with Crippen LogP contribution in [0.3, 0.4) is 0 Å². The molecule has 0 amide bonds. The number of aliphatic hydroxyl groups is 1. The Balaban J connectivity index is 1.89. The molecule has 114 valence electrons. The first kappa shape index (κ1) is 14.9. The van der Waals surface area contributed by atoms with Crippen molar-refractivity contribution in [2.24, 2.45) is 0 Å². The van der Waals surface area contributed by atoms with E-state index in [1.807, 2.05) is 30.3 Å². The highest BCUT2D eigenvalue weighted by Crippen LogP contribution is 2.32. The maximum atomic E-state index is 9.37. The van der Waals surface area contributed by atoms with Crippen LogP contribution in [-0.4, -0.2) is 11.7 Å². The Labute approximate surface area is 132 Å². The summed E-state index contributed by atoms with van der Waals surface area (Å²) in [5.74, 6) is 0.950. The summed E-state index contributed by atoms with van der Waals surface area (Å²) in [5.41, 5.74) is 3.65. The highest BCUT2D eigenvalue weighted by Gasteiger charge is 2.16. The zero-order valence-electron chi connectivity index (χ0n) is 12.7. The van der Waals surface area contributed by atoms with Crippen molar-refractivity contribution >= 4 is 6.08 Å². The van der Waals surface area contributed by atoms with Crippen molar-refractivity contribution in [2.75, 3.05) is 6.61 Å². The summed E-state index contributed by atoms with van der Waals surface area (Å²) in [6.45, 7) is 0.120. The Hall–Kier alpha value is -2.06. The smallest absolute Gasteiger partial charge is 0.126 e. The molecule has 0 radical (unpaired) electrons. The number of ether oxygens (including phenoxy) is 1. The number of allylic oxidation sites excluding steroid dienone is 1. The van der Waals surface area contributed by atoms with E-state index in [0.717, 1.165) is 30.6 Å². The van der Waals surface area contributed by atoms with Crippen molar-refractivity contribution in [2.45, 2.75) is 31.8 Å². The maximum absolute atomic E-state index is 9.37. The number of fused-ring (bicyclic) bond motifs is 1. The minimum atomic E-state index is -0.107. The van der Waals surface area contributed by atoms with Crippen LogP contribution in [0.5, 0.6) is 5.75 Å². The van der Waals surface area contributed by atoms with Gasteiger partial charge in [-0.3, -0.25) is 0 Å². The second kappa shape index (κ2) is 7.28. The van der Waals surface area contributed by atoms with Gasteiger partial charge < -0.3 is 9.84 Å². The summed E-state index contributed by atoms with van der Waals surface area (Å²) in [6.07, 6.45) is 8.23. The topological polar surface area (TPSA) is 29.5 Å². The fourth-order valence-corrected chi connectivity index (χ4v) is 2.96. The van der Waals surface area contributed by atoms with Crippen molar-refractivity contribution in [3.05, 3.63) is 71.3 Å². The van der Waals surface area contributed by atoms with Crippen molar-refractivity contribution in [1.82, 2.24) is 0 Å². The third-order valence-electron chi connectivity index (χ3n) is 4.10. The van der Waals surface area contributed by atoms with Gasteiger partial charge in [0.05, 0.1) is 0 Å². The molecule has 1 N–H and O–H groups in total. The monoisotopic (exact) mass is 294 g/mol. The van der Waals surface area contributed by atoms with Crippen LogP contribution < -0.4 is 4.74 Å². The molecule has 0 aromatic heterocycles. The van der Waals surface area contributed by atoms with Gasteiger partial charge in [-0.2, -0.15) is 0 Å². The molecule has 0 saturated carbocycles. The highest BCUT2D eigenvalue weighted by atomic mass is 16.5. The Morgan fingerprint density at radius 1 is 1.05 bits per heavy atom. The van der Waals surface area contributed by atoms with Crippen LogP contribution in [0.15, 0.2) is 54.6 Å². The predicted octanol–water partition coefficient (Wildman–Crippen LogP) is 4.54. The molecule has 0 saturated heterocycles. The molecule has 1 atom stereocenters. The molecular weight excluding hydrogens is 272 g/mol. The molecule has 1 aliphatic rings. The molecular formula is C20H22O2. The van der Waals surface area contributed by atoms with Gasteiger partial charge in [-0.05, 0) is 36.5 Å². The number of aliphatic hydroxyl groups excluding tert-OH is 1. The third kappa shape index (κ3) is 3.40. The van der Waals surface area contributed by atoms with E-state index >= 15 is 0 Å². The van der Waals surface area contributed by atoms with Crippen LogP contribution in [0.1, 0.15) is 42.1 Å². The number of hydrogen-bond donors (Lipinski definition) is 1. The average Bonchev–Trinajstić information content (AvgIpc) is 2.81. The molecule has 22 heavy (non-hydrogen) atoms. The summed E-state index contributed by atoms with van der Waals surface area (Å²) in [5, 5.41) is 9.37. The summed E-state index contributed by atoms with van der Waals surface area (Å²) in [7, 11) is 0. The first-order valence-electron chi connectivity index (χ1n) is 7.99. The lowest BCUT2D eigenvalue weighted by molar-refractivity contribution is 0.154. The quantitative estimate of drug-likeness (QED) is 0.877. The maximum Gasteiger partial charge on any atom is 0.126 e. The van der Waals surface area contributed by atoms with Crippen LogP contribution in [0.4, 0.5) is 0 Å². The van der Waals surface area contributed by atoms with Gasteiger partial charge in [-0.15, -0.1) is 0 Å². The largest absolute Gasteiger partial charge is 0.485 e. The van der Waals surface area contributed by atoms with E-state index in [9.17, 15) is 5.11 Å². The average molecular weight is 294 g/mol. The predicted molar refractivity (Wildman–Crippen MR) is 89.9 cm³/mol. The van der Waals surface area contributed by atoms with Gasteiger partial charge in [0.1, 0.15) is 11.9 Å². The van der Waals surface area contributed by atoms with Gasteiger partial charge in [-0.1, -0.05) is 54.6 Å². The van der Waals surface area contributed by atoms with Crippen molar-refractivity contribution in [1.29, 1.82) is 0 Å². The van der Waals surface area contributed by atoms with E-state index in [1.165, 1.54) is 11.1 Å². The van der Waals surface area contributed by atoms with Crippen LogP contribution in [0, 0.1) is 0 Å². The van der Waals surface area contributed by atoms with E-state index < -0.39 is 0 Å². The zero-order valence-corrected chi connectivity index (χ0v) is 12.7. The molecule has 1 unspecified atom stereocenters. The summed E-state index contributed by atoms with van der Waals surface area (Å²) in [6, 6.07) is 16.4. The second-order valence-corrected chi connectivity index (χ2v) is 5.65. The Morgan fingerprint density at radius 3 is 2.73 bits per heavy atom. The molecule has 3 rings (SSSR count).